The lowest BCUT2D eigenvalue weighted by atomic mass is 10.1. The van der Waals surface area contributed by atoms with Crippen LogP contribution < -0.4 is 5.73 Å². The SMILES string of the molecule is CC(C)c1nc(-c2ccccc2Br)ncc1N. The second-order valence-electron chi connectivity index (χ2n) is 4.17. The molecule has 2 aromatic rings. The molecule has 1 aromatic heterocycles. The van der Waals surface area contributed by atoms with Gasteiger partial charge in [-0.3, -0.25) is 0 Å². The number of nitrogen functional groups attached to an aromatic ring is 1. The fourth-order valence-corrected chi connectivity index (χ4v) is 2.10. The van der Waals surface area contributed by atoms with Gasteiger partial charge in [-0.15, -0.1) is 0 Å². The first-order valence-corrected chi connectivity index (χ1v) is 6.26. The van der Waals surface area contributed by atoms with Crippen molar-refractivity contribution in [2.45, 2.75) is 19.8 Å². The molecule has 0 aliphatic carbocycles. The molecule has 0 spiro atoms. The van der Waals surface area contributed by atoms with E-state index in [-0.39, 0.29) is 0 Å². The third-order valence-electron chi connectivity index (χ3n) is 2.51. The molecule has 0 saturated carbocycles. The molecule has 2 N–H and O–H groups in total. The Morgan fingerprint density at radius 3 is 2.59 bits per heavy atom. The van der Waals surface area contributed by atoms with Crippen molar-refractivity contribution in [1.82, 2.24) is 9.97 Å². The summed E-state index contributed by atoms with van der Waals surface area (Å²) in [6, 6.07) is 7.90. The number of anilines is 1. The lowest BCUT2D eigenvalue weighted by Gasteiger charge is -2.10. The van der Waals surface area contributed by atoms with E-state index in [9.17, 15) is 0 Å². The van der Waals surface area contributed by atoms with E-state index >= 15 is 0 Å². The molecule has 0 unspecified atom stereocenters. The largest absolute Gasteiger partial charge is 0.396 e. The first-order chi connectivity index (χ1) is 8.09. The number of halogens is 1. The van der Waals surface area contributed by atoms with Crippen molar-refractivity contribution >= 4 is 21.6 Å². The molecule has 17 heavy (non-hydrogen) atoms. The van der Waals surface area contributed by atoms with E-state index in [1.165, 1.54) is 0 Å². The minimum atomic E-state index is 0.291. The van der Waals surface area contributed by atoms with E-state index in [2.05, 4.69) is 39.7 Å². The van der Waals surface area contributed by atoms with Gasteiger partial charge < -0.3 is 5.73 Å². The van der Waals surface area contributed by atoms with Gasteiger partial charge in [0.25, 0.3) is 0 Å². The number of hydrogen-bond donors (Lipinski definition) is 1. The monoisotopic (exact) mass is 291 g/mol. The fraction of sp³-hybridized carbons (Fsp3) is 0.231. The van der Waals surface area contributed by atoms with Crippen molar-refractivity contribution in [3.05, 3.63) is 40.6 Å². The maximum Gasteiger partial charge on any atom is 0.160 e. The molecular weight excluding hydrogens is 278 g/mol. The molecule has 0 bridgehead atoms. The van der Waals surface area contributed by atoms with Crippen LogP contribution in [0.25, 0.3) is 11.4 Å². The molecule has 1 aromatic carbocycles. The summed E-state index contributed by atoms with van der Waals surface area (Å²) >= 11 is 3.50. The van der Waals surface area contributed by atoms with Crippen molar-refractivity contribution in [1.29, 1.82) is 0 Å². The predicted octanol–water partition coefficient (Wildman–Crippen LogP) is 3.61. The fourth-order valence-electron chi connectivity index (χ4n) is 1.64. The molecular formula is C13H14BrN3. The van der Waals surface area contributed by atoms with Gasteiger partial charge in [-0.2, -0.15) is 0 Å². The van der Waals surface area contributed by atoms with E-state index in [0.717, 1.165) is 15.7 Å². The Labute approximate surface area is 109 Å². The second-order valence-corrected chi connectivity index (χ2v) is 5.02. The van der Waals surface area contributed by atoms with Crippen molar-refractivity contribution in [2.24, 2.45) is 0 Å². The molecule has 0 aliphatic heterocycles. The van der Waals surface area contributed by atoms with Crippen LogP contribution in [0.3, 0.4) is 0 Å². The van der Waals surface area contributed by atoms with Crippen LogP contribution in [0.4, 0.5) is 5.69 Å². The van der Waals surface area contributed by atoms with E-state index < -0.39 is 0 Å². The van der Waals surface area contributed by atoms with Gasteiger partial charge in [0.1, 0.15) is 0 Å². The number of rotatable bonds is 2. The molecule has 0 saturated heterocycles. The van der Waals surface area contributed by atoms with Crippen molar-refractivity contribution in [3.63, 3.8) is 0 Å². The van der Waals surface area contributed by atoms with Gasteiger partial charge in [0.2, 0.25) is 0 Å². The summed E-state index contributed by atoms with van der Waals surface area (Å²) in [5, 5.41) is 0. The molecule has 3 nitrogen and oxygen atoms in total. The van der Waals surface area contributed by atoms with Crippen LogP contribution in [-0.4, -0.2) is 9.97 Å². The molecule has 1 heterocycles. The van der Waals surface area contributed by atoms with Crippen LogP contribution >= 0.6 is 15.9 Å². The first kappa shape index (κ1) is 12.0. The molecule has 0 aliphatic rings. The molecule has 0 amide bonds. The Bertz CT molecular complexity index is 538. The summed E-state index contributed by atoms with van der Waals surface area (Å²) < 4.78 is 0.986. The third kappa shape index (κ3) is 2.47. The topological polar surface area (TPSA) is 51.8 Å². The Morgan fingerprint density at radius 2 is 1.94 bits per heavy atom. The summed E-state index contributed by atoms with van der Waals surface area (Å²) in [4.78, 5) is 8.82. The lowest BCUT2D eigenvalue weighted by Crippen LogP contribution is -2.03. The van der Waals surface area contributed by atoms with Gasteiger partial charge in [0.05, 0.1) is 17.6 Å². The minimum Gasteiger partial charge on any atom is -0.396 e. The standard InChI is InChI=1S/C13H14BrN3/c1-8(2)12-11(15)7-16-13(17-12)9-5-3-4-6-10(9)14/h3-8H,15H2,1-2H3. The van der Waals surface area contributed by atoms with Crippen LogP contribution in [0.2, 0.25) is 0 Å². The molecule has 0 fully saturated rings. The van der Waals surface area contributed by atoms with Crippen molar-refractivity contribution < 1.29 is 0 Å². The van der Waals surface area contributed by atoms with Crippen molar-refractivity contribution in [2.75, 3.05) is 5.73 Å². The zero-order chi connectivity index (χ0) is 12.4. The van der Waals surface area contributed by atoms with Crippen LogP contribution in [0.1, 0.15) is 25.5 Å². The highest BCUT2D eigenvalue weighted by Crippen LogP contribution is 2.27. The van der Waals surface area contributed by atoms with Gasteiger partial charge in [-0.25, -0.2) is 9.97 Å². The number of nitrogens with zero attached hydrogens (tertiary/aromatic N) is 2. The van der Waals surface area contributed by atoms with Crippen LogP contribution in [-0.2, 0) is 0 Å². The van der Waals surface area contributed by atoms with Gasteiger partial charge in [-0.05, 0) is 12.0 Å². The quantitative estimate of drug-likeness (QED) is 0.920. The Balaban J connectivity index is 2.54. The maximum absolute atomic E-state index is 5.87. The predicted molar refractivity (Wildman–Crippen MR) is 73.7 cm³/mol. The van der Waals surface area contributed by atoms with E-state index in [1.807, 2.05) is 24.3 Å². The van der Waals surface area contributed by atoms with Crippen LogP contribution in [0.5, 0.6) is 0 Å². The number of hydrogen-bond acceptors (Lipinski definition) is 3. The smallest absolute Gasteiger partial charge is 0.160 e. The van der Waals surface area contributed by atoms with Gasteiger partial charge in [0.15, 0.2) is 5.82 Å². The maximum atomic E-state index is 5.87. The summed E-state index contributed by atoms with van der Waals surface area (Å²) in [7, 11) is 0. The van der Waals surface area contributed by atoms with Gasteiger partial charge in [0, 0.05) is 10.0 Å². The van der Waals surface area contributed by atoms with Crippen LogP contribution in [0, 0.1) is 0 Å². The lowest BCUT2D eigenvalue weighted by molar-refractivity contribution is 0.821. The normalized spacial score (nSPS) is 10.8. The summed E-state index contributed by atoms with van der Waals surface area (Å²) in [6.45, 7) is 4.14. The third-order valence-corrected chi connectivity index (χ3v) is 3.20. The highest BCUT2D eigenvalue weighted by molar-refractivity contribution is 9.10. The molecule has 0 radical (unpaired) electrons. The zero-order valence-electron chi connectivity index (χ0n) is 9.81. The minimum absolute atomic E-state index is 0.291. The Kier molecular flexibility index (Phi) is 3.43. The average Bonchev–Trinajstić information content (AvgIpc) is 2.30. The highest BCUT2D eigenvalue weighted by atomic mass is 79.9. The molecule has 4 heteroatoms. The van der Waals surface area contributed by atoms with Gasteiger partial charge in [-0.1, -0.05) is 48.0 Å². The van der Waals surface area contributed by atoms with E-state index in [1.54, 1.807) is 6.20 Å². The van der Waals surface area contributed by atoms with Gasteiger partial charge >= 0.3 is 0 Å². The Morgan fingerprint density at radius 1 is 1.24 bits per heavy atom. The second kappa shape index (κ2) is 4.84. The highest BCUT2D eigenvalue weighted by Gasteiger charge is 2.11. The van der Waals surface area contributed by atoms with Crippen molar-refractivity contribution in [3.8, 4) is 11.4 Å². The van der Waals surface area contributed by atoms with E-state index in [0.29, 0.717) is 17.4 Å². The van der Waals surface area contributed by atoms with E-state index in [4.69, 9.17) is 5.73 Å². The number of benzene rings is 1. The number of aromatic nitrogens is 2. The number of nitrogens with two attached hydrogens (primary N) is 1. The summed E-state index contributed by atoms with van der Waals surface area (Å²) in [5.41, 5.74) is 8.39. The summed E-state index contributed by atoms with van der Waals surface area (Å²) in [6.07, 6.45) is 1.68. The average molecular weight is 292 g/mol. The zero-order valence-corrected chi connectivity index (χ0v) is 11.4. The Hall–Kier alpha value is -1.42. The summed E-state index contributed by atoms with van der Waals surface area (Å²) in [5.74, 6) is 0.995. The molecule has 88 valence electrons. The molecule has 0 atom stereocenters. The van der Waals surface area contributed by atoms with Crippen LogP contribution in [0.15, 0.2) is 34.9 Å². The first-order valence-electron chi connectivity index (χ1n) is 5.47. The molecule has 2 rings (SSSR count).